The van der Waals surface area contributed by atoms with E-state index in [0.29, 0.717) is 5.82 Å². The van der Waals surface area contributed by atoms with Crippen molar-refractivity contribution in [2.45, 2.75) is 57.6 Å². The monoisotopic (exact) mass is 274 g/mol. The van der Waals surface area contributed by atoms with Crippen LogP contribution in [0, 0.1) is 0 Å². The Morgan fingerprint density at radius 1 is 1.05 bits per heavy atom. The summed E-state index contributed by atoms with van der Waals surface area (Å²) in [6.45, 7) is 8.44. The van der Waals surface area contributed by atoms with Crippen molar-refractivity contribution in [1.29, 1.82) is 0 Å². The molecular formula is C16H23BO3. The van der Waals surface area contributed by atoms with Crippen LogP contribution in [-0.4, -0.2) is 25.4 Å². The van der Waals surface area contributed by atoms with Gasteiger partial charge in [-0.1, -0.05) is 6.07 Å². The van der Waals surface area contributed by atoms with Crippen molar-refractivity contribution >= 4 is 7.12 Å². The van der Waals surface area contributed by atoms with Crippen LogP contribution in [0.4, 0.5) is 0 Å². The minimum atomic E-state index is -0.246. The first-order chi connectivity index (χ1) is 9.32. The molecule has 1 aromatic rings. The first kappa shape index (κ1) is 14.0. The molecule has 0 bridgehead atoms. The molecule has 108 valence electrons. The predicted molar refractivity (Wildman–Crippen MR) is 80.2 cm³/mol. The lowest BCUT2D eigenvalue weighted by Crippen LogP contribution is -2.41. The summed E-state index contributed by atoms with van der Waals surface area (Å²) in [6, 6.07) is 6.34. The zero-order valence-electron chi connectivity index (χ0n) is 13.0. The van der Waals surface area contributed by atoms with Crippen molar-refractivity contribution in [3.63, 3.8) is 0 Å². The molecule has 1 fully saturated rings. The Hall–Kier alpha value is -0.995. The molecule has 1 aliphatic heterocycles. The highest BCUT2D eigenvalue weighted by Crippen LogP contribution is 2.44. The van der Waals surface area contributed by atoms with Crippen molar-refractivity contribution in [2.24, 2.45) is 0 Å². The van der Waals surface area contributed by atoms with Gasteiger partial charge >= 0.3 is 7.12 Å². The van der Waals surface area contributed by atoms with Crippen LogP contribution in [0.25, 0.3) is 0 Å². The molecule has 0 amide bonds. The van der Waals surface area contributed by atoms with Gasteiger partial charge < -0.3 is 14.0 Å². The van der Waals surface area contributed by atoms with Crippen LogP contribution < -0.4 is 4.74 Å². The number of rotatable bonds is 2. The molecule has 2 aliphatic rings. The third-order valence-corrected chi connectivity index (χ3v) is 5.03. The Morgan fingerprint density at radius 3 is 2.25 bits per heavy atom. The van der Waals surface area contributed by atoms with E-state index < -0.39 is 0 Å². The molecule has 1 unspecified atom stereocenters. The molecule has 0 aromatic heterocycles. The summed E-state index contributed by atoms with van der Waals surface area (Å²) in [6.07, 6.45) is 2.03. The molecule has 1 atom stereocenters. The van der Waals surface area contributed by atoms with E-state index >= 15 is 0 Å². The van der Waals surface area contributed by atoms with Gasteiger partial charge in [-0.3, -0.25) is 0 Å². The Labute approximate surface area is 121 Å². The molecular weight excluding hydrogens is 251 g/mol. The average molecular weight is 274 g/mol. The van der Waals surface area contributed by atoms with E-state index in [1.807, 2.05) is 6.07 Å². The molecule has 1 aromatic carbocycles. The normalized spacial score (nSPS) is 26.6. The van der Waals surface area contributed by atoms with E-state index in [1.54, 1.807) is 7.11 Å². The van der Waals surface area contributed by atoms with Gasteiger partial charge in [0.15, 0.2) is 0 Å². The topological polar surface area (TPSA) is 27.7 Å². The zero-order valence-corrected chi connectivity index (χ0v) is 13.0. The molecule has 0 spiro atoms. The Balaban J connectivity index is 1.77. The Bertz CT molecular complexity index is 508. The fourth-order valence-corrected chi connectivity index (χ4v) is 3.03. The van der Waals surface area contributed by atoms with Gasteiger partial charge in [-0.15, -0.1) is 0 Å². The zero-order chi connectivity index (χ0) is 14.5. The maximum Gasteiger partial charge on any atom is 0.461 e. The van der Waals surface area contributed by atoms with E-state index in [1.165, 1.54) is 11.1 Å². The number of hydrogen-bond acceptors (Lipinski definition) is 3. The Morgan fingerprint density at radius 2 is 1.65 bits per heavy atom. The van der Waals surface area contributed by atoms with Crippen LogP contribution in [0.3, 0.4) is 0 Å². The van der Waals surface area contributed by atoms with Crippen LogP contribution in [-0.2, 0) is 22.2 Å². The molecule has 3 rings (SSSR count). The minimum absolute atomic E-state index is 0.113. The summed E-state index contributed by atoms with van der Waals surface area (Å²) in [7, 11) is 1.60. The highest BCUT2D eigenvalue weighted by molar-refractivity contribution is 6.47. The summed E-state index contributed by atoms with van der Waals surface area (Å²) in [5.74, 6) is 1.33. The van der Waals surface area contributed by atoms with Gasteiger partial charge in [0, 0.05) is 5.82 Å². The SMILES string of the molecule is COc1ccc2c(c1)CC(B1OC(C)(C)C(C)(C)O1)C2. The molecule has 0 radical (unpaired) electrons. The van der Waals surface area contributed by atoms with Crippen molar-refractivity contribution in [3.8, 4) is 5.75 Å². The lowest BCUT2D eigenvalue weighted by molar-refractivity contribution is 0.00578. The first-order valence-corrected chi connectivity index (χ1v) is 7.34. The standard InChI is InChI=1S/C16H23BO3/c1-15(2)16(3,4)20-17(19-15)13-8-11-6-7-14(18-5)10-12(11)9-13/h6-7,10,13H,8-9H2,1-5H3. The van der Waals surface area contributed by atoms with Gasteiger partial charge in [0.25, 0.3) is 0 Å². The molecule has 0 N–H and O–H groups in total. The van der Waals surface area contributed by atoms with E-state index in [2.05, 4.69) is 39.8 Å². The summed E-state index contributed by atoms with van der Waals surface area (Å²) >= 11 is 0. The fraction of sp³-hybridized carbons (Fsp3) is 0.625. The quantitative estimate of drug-likeness (QED) is 0.775. The van der Waals surface area contributed by atoms with E-state index in [0.717, 1.165) is 18.6 Å². The smallest absolute Gasteiger partial charge is 0.461 e. The second kappa shape index (κ2) is 4.50. The van der Waals surface area contributed by atoms with Crippen molar-refractivity contribution < 1.29 is 14.0 Å². The van der Waals surface area contributed by atoms with E-state index in [-0.39, 0.29) is 18.3 Å². The summed E-state index contributed by atoms with van der Waals surface area (Å²) in [5.41, 5.74) is 2.27. The summed E-state index contributed by atoms with van der Waals surface area (Å²) < 4.78 is 17.7. The van der Waals surface area contributed by atoms with E-state index in [4.69, 9.17) is 14.0 Å². The maximum absolute atomic E-state index is 6.18. The summed E-state index contributed by atoms with van der Waals surface area (Å²) in [5, 5.41) is 0. The lowest BCUT2D eigenvalue weighted by atomic mass is 9.70. The molecule has 20 heavy (non-hydrogen) atoms. The molecule has 0 saturated carbocycles. The van der Waals surface area contributed by atoms with Crippen LogP contribution in [0.15, 0.2) is 18.2 Å². The number of hydrogen-bond donors (Lipinski definition) is 0. The van der Waals surface area contributed by atoms with Crippen LogP contribution in [0.2, 0.25) is 5.82 Å². The van der Waals surface area contributed by atoms with Gasteiger partial charge in [-0.2, -0.15) is 0 Å². The Kier molecular flexibility index (Phi) is 3.14. The molecule has 4 heteroatoms. The molecule has 1 aliphatic carbocycles. The van der Waals surface area contributed by atoms with Gasteiger partial charge in [-0.05, 0) is 63.8 Å². The average Bonchev–Trinajstić information content (AvgIpc) is 2.87. The number of methoxy groups -OCH3 is 1. The maximum atomic E-state index is 6.18. The molecule has 1 heterocycles. The van der Waals surface area contributed by atoms with E-state index in [9.17, 15) is 0 Å². The lowest BCUT2D eigenvalue weighted by Gasteiger charge is -2.32. The van der Waals surface area contributed by atoms with Crippen molar-refractivity contribution in [3.05, 3.63) is 29.3 Å². The van der Waals surface area contributed by atoms with Crippen molar-refractivity contribution in [2.75, 3.05) is 7.11 Å². The summed E-state index contributed by atoms with van der Waals surface area (Å²) in [4.78, 5) is 0. The minimum Gasteiger partial charge on any atom is -0.497 e. The second-order valence-electron chi connectivity index (χ2n) is 6.93. The van der Waals surface area contributed by atoms with Gasteiger partial charge in [0.1, 0.15) is 5.75 Å². The largest absolute Gasteiger partial charge is 0.497 e. The van der Waals surface area contributed by atoms with Crippen LogP contribution >= 0.6 is 0 Å². The van der Waals surface area contributed by atoms with Gasteiger partial charge in [-0.25, -0.2) is 0 Å². The fourth-order valence-electron chi connectivity index (χ4n) is 3.03. The molecule has 3 nitrogen and oxygen atoms in total. The van der Waals surface area contributed by atoms with Crippen LogP contribution in [0.5, 0.6) is 5.75 Å². The van der Waals surface area contributed by atoms with Crippen LogP contribution in [0.1, 0.15) is 38.8 Å². The molecule has 1 saturated heterocycles. The van der Waals surface area contributed by atoms with Gasteiger partial charge in [0.2, 0.25) is 0 Å². The number of ether oxygens (including phenoxy) is 1. The second-order valence-corrected chi connectivity index (χ2v) is 6.93. The third-order valence-electron chi connectivity index (χ3n) is 5.03. The predicted octanol–water partition coefficient (Wildman–Crippen LogP) is 3.26. The first-order valence-electron chi connectivity index (χ1n) is 7.34. The highest BCUT2D eigenvalue weighted by atomic mass is 16.7. The third kappa shape index (κ3) is 2.15. The van der Waals surface area contributed by atoms with Gasteiger partial charge in [0.05, 0.1) is 18.3 Å². The van der Waals surface area contributed by atoms with Crippen molar-refractivity contribution in [1.82, 2.24) is 0 Å². The highest BCUT2D eigenvalue weighted by Gasteiger charge is 2.54. The number of benzene rings is 1. The number of fused-ring (bicyclic) bond motifs is 1.